The highest BCUT2D eigenvalue weighted by Gasteiger charge is 2.10. The Bertz CT molecular complexity index is 554. The zero-order valence-electron chi connectivity index (χ0n) is 10.1. The van der Waals surface area contributed by atoms with Crippen LogP contribution in [0.3, 0.4) is 0 Å². The zero-order chi connectivity index (χ0) is 13.8. The molecule has 1 aromatic carbocycles. The Morgan fingerprint density at radius 2 is 2.17 bits per heavy atom. The number of halogens is 1. The summed E-state index contributed by atoms with van der Waals surface area (Å²) in [4.78, 5) is 0. The van der Waals surface area contributed by atoms with Crippen molar-refractivity contribution in [3.8, 4) is 5.75 Å². The molecule has 1 rings (SSSR count). The van der Waals surface area contributed by atoms with Crippen molar-refractivity contribution in [2.24, 2.45) is 5.16 Å². The molecule has 0 bridgehead atoms. The van der Waals surface area contributed by atoms with Crippen LogP contribution in [0.2, 0.25) is 0 Å². The molecule has 0 radical (unpaired) electrons. The van der Waals surface area contributed by atoms with Crippen molar-refractivity contribution in [3.05, 3.63) is 29.6 Å². The van der Waals surface area contributed by atoms with Crippen molar-refractivity contribution in [1.82, 2.24) is 0 Å². The van der Waals surface area contributed by atoms with Gasteiger partial charge in [-0.3, -0.25) is 0 Å². The molecule has 7 heteroatoms. The highest BCUT2D eigenvalue weighted by atomic mass is 32.2. The van der Waals surface area contributed by atoms with Gasteiger partial charge >= 0.3 is 0 Å². The van der Waals surface area contributed by atoms with E-state index in [9.17, 15) is 12.8 Å². The second-order valence-electron chi connectivity index (χ2n) is 3.80. The smallest absolute Gasteiger partial charge is 0.150 e. The minimum absolute atomic E-state index is 0.0893. The largest absolute Gasteiger partial charge is 0.492 e. The molecule has 18 heavy (non-hydrogen) atoms. The Balaban J connectivity index is 2.90. The maximum absolute atomic E-state index is 13.1. The molecule has 0 saturated carbocycles. The Morgan fingerprint density at radius 3 is 2.72 bits per heavy atom. The molecule has 0 atom stereocenters. The van der Waals surface area contributed by atoms with Crippen LogP contribution in [0.4, 0.5) is 4.39 Å². The molecule has 0 heterocycles. The van der Waals surface area contributed by atoms with Crippen LogP contribution < -0.4 is 4.74 Å². The third-order valence-electron chi connectivity index (χ3n) is 2.20. The van der Waals surface area contributed by atoms with Crippen LogP contribution in [0, 0.1) is 5.82 Å². The van der Waals surface area contributed by atoms with E-state index in [1.54, 1.807) is 0 Å². The Hall–Kier alpha value is -1.63. The standard InChI is InChI=1S/C11H14FNO4S/c1-8(13-14)10-4-3-9(12)7-11(10)17-5-6-18(2,15)16/h3-4,7,14H,5-6H2,1-2H3/b13-8-. The highest BCUT2D eigenvalue weighted by Crippen LogP contribution is 2.21. The van der Waals surface area contributed by atoms with Crippen LogP contribution in [0.15, 0.2) is 23.4 Å². The maximum atomic E-state index is 13.1. The third-order valence-corrected chi connectivity index (χ3v) is 3.10. The van der Waals surface area contributed by atoms with Crippen LogP contribution in [0.25, 0.3) is 0 Å². The van der Waals surface area contributed by atoms with Gasteiger partial charge in [-0.15, -0.1) is 0 Å². The van der Waals surface area contributed by atoms with Gasteiger partial charge in [0.2, 0.25) is 0 Å². The summed E-state index contributed by atoms with van der Waals surface area (Å²) >= 11 is 0. The molecular weight excluding hydrogens is 261 g/mol. The molecular formula is C11H14FNO4S. The van der Waals surface area contributed by atoms with E-state index >= 15 is 0 Å². The van der Waals surface area contributed by atoms with Crippen LogP contribution in [-0.4, -0.2) is 38.0 Å². The van der Waals surface area contributed by atoms with Gasteiger partial charge in [0.1, 0.15) is 18.2 Å². The summed E-state index contributed by atoms with van der Waals surface area (Å²) in [6.07, 6.45) is 1.09. The first-order valence-corrected chi connectivity index (χ1v) is 7.18. The molecule has 1 N–H and O–H groups in total. The number of rotatable bonds is 5. The van der Waals surface area contributed by atoms with Crippen LogP contribution in [0.5, 0.6) is 5.75 Å². The van der Waals surface area contributed by atoms with Gasteiger partial charge in [-0.1, -0.05) is 5.16 Å². The number of nitrogens with zero attached hydrogens (tertiary/aromatic N) is 1. The first-order chi connectivity index (χ1) is 8.33. The number of hydrogen-bond acceptors (Lipinski definition) is 5. The number of sulfone groups is 1. The topological polar surface area (TPSA) is 76.0 Å². The summed E-state index contributed by atoms with van der Waals surface area (Å²) < 4.78 is 40.2. The van der Waals surface area contributed by atoms with Crippen molar-refractivity contribution in [2.75, 3.05) is 18.6 Å². The van der Waals surface area contributed by atoms with Crippen molar-refractivity contribution < 1.29 is 22.8 Å². The predicted octanol–water partition coefficient (Wildman–Crippen LogP) is 1.45. The van der Waals surface area contributed by atoms with E-state index in [0.717, 1.165) is 12.3 Å². The molecule has 0 unspecified atom stereocenters. The summed E-state index contributed by atoms with van der Waals surface area (Å²) in [6.45, 7) is 1.44. The average Bonchev–Trinajstić information content (AvgIpc) is 2.26. The fraction of sp³-hybridized carbons (Fsp3) is 0.364. The molecule has 100 valence electrons. The molecule has 0 aliphatic carbocycles. The van der Waals surface area contributed by atoms with E-state index in [-0.39, 0.29) is 23.8 Å². The van der Waals surface area contributed by atoms with Gasteiger partial charge in [0, 0.05) is 17.9 Å². The Morgan fingerprint density at radius 1 is 1.50 bits per heavy atom. The molecule has 0 fully saturated rings. The molecule has 0 saturated heterocycles. The lowest BCUT2D eigenvalue weighted by atomic mass is 10.1. The van der Waals surface area contributed by atoms with E-state index in [2.05, 4.69) is 5.16 Å². The average molecular weight is 275 g/mol. The van der Waals surface area contributed by atoms with Gasteiger partial charge in [0.15, 0.2) is 9.84 Å². The van der Waals surface area contributed by atoms with Gasteiger partial charge < -0.3 is 9.94 Å². The normalized spacial score (nSPS) is 12.5. The predicted molar refractivity (Wildman–Crippen MR) is 65.6 cm³/mol. The lowest BCUT2D eigenvalue weighted by Gasteiger charge is -2.10. The van der Waals surface area contributed by atoms with E-state index in [1.165, 1.54) is 19.1 Å². The second kappa shape index (κ2) is 5.81. The number of ether oxygens (including phenoxy) is 1. The Labute approximate surface area is 105 Å². The minimum atomic E-state index is -3.14. The fourth-order valence-corrected chi connectivity index (χ4v) is 1.66. The van der Waals surface area contributed by atoms with Gasteiger partial charge in [0.05, 0.1) is 11.5 Å². The Kier molecular flexibility index (Phi) is 4.66. The number of oxime groups is 1. The van der Waals surface area contributed by atoms with Crippen LogP contribution in [-0.2, 0) is 9.84 Å². The lowest BCUT2D eigenvalue weighted by molar-refractivity contribution is 0.317. The SMILES string of the molecule is C/C(=N/O)c1ccc(F)cc1OCCS(C)(=O)=O. The lowest BCUT2D eigenvalue weighted by Crippen LogP contribution is -2.13. The monoisotopic (exact) mass is 275 g/mol. The first-order valence-electron chi connectivity index (χ1n) is 5.12. The molecule has 0 aliphatic heterocycles. The molecule has 0 aliphatic rings. The minimum Gasteiger partial charge on any atom is -0.492 e. The number of benzene rings is 1. The molecule has 5 nitrogen and oxygen atoms in total. The third kappa shape index (κ3) is 4.33. The van der Waals surface area contributed by atoms with Gasteiger partial charge in [-0.25, -0.2) is 12.8 Å². The quantitative estimate of drug-likeness (QED) is 0.501. The summed E-state index contributed by atoms with van der Waals surface area (Å²) in [6, 6.07) is 3.72. The van der Waals surface area contributed by atoms with Gasteiger partial charge in [0.25, 0.3) is 0 Å². The van der Waals surface area contributed by atoms with E-state index in [4.69, 9.17) is 9.94 Å². The molecule has 0 amide bonds. The zero-order valence-corrected chi connectivity index (χ0v) is 10.9. The van der Waals surface area contributed by atoms with Crippen molar-refractivity contribution in [2.45, 2.75) is 6.92 Å². The summed E-state index contributed by atoms with van der Waals surface area (Å²) in [5.41, 5.74) is 0.664. The first kappa shape index (κ1) is 14.4. The van der Waals surface area contributed by atoms with Gasteiger partial charge in [-0.2, -0.15) is 0 Å². The summed E-state index contributed by atoms with van der Waals surface area (Å²) in [5, 5.41) is 11.7. The second-order valence-corrected chi connectivity index (χ2v) is 6.06. The van der Waals surface area contributed by atoms with E-state index < -0.39 is 15.7 Å². The van der Waals surface area contributed by atoms with E-state index in [1.807, 2.05) is 0 Å². The molecule has 0 aromatic heterocycles. The summed E-state index contributed by atoms with van der Waals surface area (Å²) in [7, 11) is -3.14. The molecule has 0 spiro atoms. The maximum Gasteiger partial charge on any atom is 0.150 e. The highest BCUT2D eigenvalue weighted by molar-refractivity contribution is 7.90. The van der Waals surface area contributed by atoms with Gasteiger partial charge in [-0.05, 0) is 19.1 Å². The van der Waals surface area contributed by atoms with Crippen molar-refractivity contribution >= 4 is 15.5 Å². The number of hydrogen-bond donors (Lipinski definition) is 1. The van der Waals surface area contributed by atoms with Crippen LogP contribution in [0.1, 0.15) is 12.5 Å². The summed E-state index contributed by atoms with van der Waals surface area (Å²) in [5.74, 6) is -0.536. The van der Waals surface area contributed by atoms with Crippen molar-refractivity contribution in [3.63, 3.8) is 0 Å². The van der Waals surface area contributed by atoms with Crippen molar-refractivity contribution in [1.29, 1.82) is 0 Å². The van der Waals surface area contributed by atoms with E-state index in [0.29, 0.717) is 5.56 Å². The fourth-order valence-electron chi connectivity index (χ4n) is 1.27. The molecule has 1 aromatic rings. The van der Waals surface area contributed by atoms with Crippen LogP contribution >= 0.6 is 0 Å².